The Kier molecular flexibility index (Phi) is 6.60. The molecule has 2 N–H and O–H groups in total. The summed E-state index contributed by atoms with van der Waals surface area (Å²) >= 11 is 1.68. The van der Waals surface area contributed by atoms with E-state index in [4.69, 9.17) is 4.74 Å². The fourth-order valence-electron chi connectivity index (χ4n) is 2.27. The first kappa shape index (κ1) is 17.9. The van der Waals surface area contributed by atoms with Gasteiger partial charge in [0.05, 0.1) is 0 Å². The van der Waals surface area contributed by atoms with Gasteiger partial charge in [0.1, 0.15) is 12.6 Å². The number of amides is 1. The Morgan fingerprint density at radius 3 is 2.42 bits per heavy atom. The molecule has 26 heavy (non-hydrogen) atoms. The summed E-state index contributed by atoms with van der Waals surface area (Å²) in [6, 6.07) is 19.3. The Labute approximate surface area is 155 Å². The summed E-state index contributed by atoms with van der Waals surface area (Å²) in [5.41, 5.74) is 2.15. The van der Waals surface area contributed by atoms with Crippen molar-refractivity contribution in [2.75, 3.05) is 5.75 Å². The Morgan fingerprint density at radius 1 is 1.08 bits per heavy atom. The lowest BCUT2D eigenvalue weighted by Gasteiger charge is -2.15. The third-order valence-corrected chi connectivity index (χ3v) is 4.68. The molecule has 1 amide bonds. The molecule has 8 heteroatoms. The van der Waals surface area contributed by atoms with E-state index in [0.29, 0.717) is 11.6 Å². The third-order valence-electron chi connectivity index (χ3n) is 3.57. The van der Waals surface area contributed by atoms with Crippen molar-refractivity contribution in [3.63, 3.8) is 0 Å². The Balaban J connectivity index is 1.52. The second kappa shape index (κ2) is 9.57. The number of tetrazole rings is 1. The molecule has 0 saturated heterocycles. The number of aromatic nitrogens is 4. The van der Waals surface area contributed by atoms with Crippen molar-refractivity contribution in [2.45, 2.75) is 18.4 Å². The second-order valence-corrected chi connectivity index (χ2v) is 6.56. The molecule has 0 saturated carbocycles. The molecule has 0 aliphatic carbocycles. The minimum atomic E-state index is -0.510. The van der Waals surface area contributed by atoms with Gasteiger partial charge >= 0.3 is 6.09 Å². The van der Waals surface area contributed by atoms with Crippen LogP contribution < -0.4 is 5.32 Å². The number of hydrogen-bond acceptors (Lipinski definition) is 6. The molecular weight excluding hydrogens is 350 g/mol. The van der Waals surface area contributed by atoms with Crippen LogP contribution in [0.25, 0.3) is 0 Å². The lowest BCUT2D eigenvalue weighted by molar-refractivity contribution is 0.136. The number of aromatic amines is 1. The first-order chi connectivity index (χ1) is 12.8. The van der Waals surface area contributed by atoms with Crippen molar-refractivity contribution in [1.82, 2.24) is 25.9 Å². The number of rotatable bonds is 8. The SMILES string of the molecule is O=C(N[C@@H](CSCc1ccccc1)c1nn[nH]n1)OCc1ccccc1. The van der Waals surface area contributed by atoms with Gasteiger partial charge < -0.3 is 10.1 Å². The first-order valence-electron chi connectivity index (χ1n) is 8.13. The van der Waals surface area contributed by atoms with Crippen LogP contribution in [0.15, 0.2) is 60.7 Å². The highest BCUT2D eigenvalue weighted by molar-refractivity contribution is 7.98. The number of H-pyrrole nitrogens is 1. The number of carbonyl (C=O) groups is 1. The summed E-state index contributed by atoms with van der Waals surface area (Å²) in [6.45, 7) is 0.211. The van der Waals surface area contributed by atoms with Crippen LogP contribution in [0.4, 0.5) is 4.79 Å². The van der Waals surface area contributed by atoms with Gasteiger partial charge in [0, 0.05) is 11.5 Å². The molecule has 134 valence electrons. The molecule has 1 atom stereocenters. The predicted molar refractivity (Wildman–Crippen MR) is 99.3 cm³/mol. The summed E-state index contributed by atoms with van der Waals surface area (Å²) in [7, 11) is 0. The smallest absolute Gasteiger partial charge is 0.408 e. The maximum absolute atomic E-state index is 12.1. The number of ether oxygens (including phenoxy) is 1. The van der Waals surface area contributed by atoms with Gasteiger partial charge in [0.15, 0.2) is 5.82 Å². The summed E-state index contributed by atoms with van der Waals surface area (Å²) < 4.78 is 5.28. The molecule has 1 aromatic heterocycles. The zero-order chi connectivity index (χ0) is 18.0. The molecule has 3 rings (SSSR count). The van der Waals surface area contributed by atoms with Crippen molar-refractivity contribution >= 4 is 17.9 Å². The number of thioether (sulfide) groups is 1. The fraction of sp³-hybridized carbons (Fsp3) is 0.222. The largest absolute Gasteiger partial charge is 0.445 e. The van der Waals surface area contributed by atoms with E-state index < -0.39 is 6.09 Å². The molecule has 0 fully saturated rings. The van der Waals surface area contributed by atoms with Gasteiger partial charge in [0.2, 0.25) is 0 Å². The van der Waals surface area contributed by atoms with Crippen LogP contribution >= 0.6 is 11.8 Å². The molecule has 0 unspecified atom stereocenters. The molecule has 1 heterocycles. The highest BCUT2D eigenvalue weighted by atomic mass is 32.2. The summed E-state index contributed by atoms with van der Waals surface area (Å²) in [4.78, 5) is 12.1. The highest BCUT2D eigenvalue weighted by Gasteiger charge is 2.19. The minimum absolute atomic E-state index is 0.211. The van der Waals surface area contributed by atoms with E-state index in [2.05, 4.69) is 38.1 Å². The molecule has 0 spiro atoms. The maximum atomic E-state index is 12.1. The molecular formula is C18H19N5O2S. The molecule has 0 bridgehead atoms. The quantitative estimate of drug-likeness (QED) is 0.634. The molecule has 3 aromatic rings. The van der Waals surface area contributed by atoms with E-state index in [0.717, 1.165) is 11.3 Å². The zero-order valence-corrected chi connectivity index (χ0v) is 14.9. The van der Waals surface area contributed by atoms with Crippen LogP contribution in [-0.4, -0.2) is 32.5 Å². The van der Waals surface area contributed by atoms with Crippen LogP contribution in [-0.2, 0) is 17.1 Å². The van der Waals surface area contributed by atoms with E-state index in [-0.39, 0.29) is 12.6 Å². The van der Waals surface area contributed by atoms with Gasteiger partial charge in [-0.05, 0) is 11.1 Å². The predicted octanol–water partition coefficient (Wildman–Crippen LogP) is 3.10. The molecule has 2 aromatic carbocycles. The van der Waals surface area contributed by atoms with Gasteiger partial charge in [-0.25, -0.2) is 4.79 Å². The fourth-order valence-corrected chi connectivity index (χ4v) is 3.29. The van der Waals surface area contributed by atoms with Crippen LogP contribution in [0, 0.1) is 0 Å². The highest BCUT2D eigenvalue weighted by Crippen LogP contribution is 2.19. The Hall–Kier alpha value is -2.87. The molecule has 0 radical (unpaired) electrons. The number of hydrogen-bond donors (Lipinski definition) is 2. The normalized spacial score (nSPS) is 11.7. The van der Waals surface area contributed by atoms with Crippen LogP contribution in [0.3, 0.4) is 0 Å². The zero-order valence-electron chi connectivity index (χ0n) is 14.0. The van der Waals surface area contributed by atoms with Crippen molar-refractivity contribution in [2.24, 2.45) is 0 Å². The van der Waals surface area contributed by atoms with E-state index in [1.54, 1.807) is 11.8 Å². The van der Waals surface area contributed by atoms with Crippen LogP contribution in [0.2, 0.25) is 0 Å². The van der Waals surface area contributed by atoms with Crippen molar-refractivity contribution in [3.05, 3.63) is 77.6 Å². The third kappa shape index (κ3) is 5.59. The standard InChI is InChI=1S/C18H19N5O2S/c24-18(25-11-14-7-3-1-4-8-14)19-16(17-20-22-23-21-17)13-26-12-15-9-5-2-6-10-15/h1-10,16H,11-13H2,(H,19,24)(H,20,21,22,23)/t16-/m0/s1. The average molecular weight is 369 g/mol. The van der Waals surface area contributed by atoms with Gasteiger partial charge in [-0.2, -0.15) is 17.0 Å². The van der Waals surface area contributed by atoms with Gasteiger partial charge in [-0.3, -0.25) is 0 Å². The summed E-state index contributed by atoms with van der Waals surface area (Å²) in [5.74, 6) is 1.87. The number of alkyl carbamates (subject to hydrolysis) is 1. The summed E-state index contributed by atoms with van der Waals surface area (Å²) in [6.07, 6.45) is -0.510. The maximum Gasteiger partial charge on any atom is 0.408 e. The van der Waals surface area contributed by atoms with Crippen molar-refractivity contribution < 1.29 is 9.53 Å². The molecule has 7 nitrogen and oxygen atoms in total. The number of nitrogens with one attached hydrogen (secondary N) is 2. The molecule has 0 aliphatic heterocycles. The first-order valence-corrected chi connectivity index (χ1v) is 9.29. The van der Waals surface area contributed by atoms with E-state index >= 15 is 0 Å². The van der Waals surface area contributed by atoms with Crippen molar-refractivity contribution in [1.29, 1.82) is 0 Å². The number of benzene rings is 2. The van der Waals surface area contributed by atoms with Crippen LogP contribution in [0.1, 0.15) is 23.0 Å². The minimum Gasteiger partial charge on any atom is -0.445 e. The Morgan fingerprint density at radius 2 is 1.77 bits per heavy atom. The molecule has 0 aliphatic rings. The number of nitrogens with zero attached hydrogens (tertiary/aromatic N) is 3. The van der Waals surface area contributed by atoms with Gasteiger partial charge in [0.25, 0.3) is 0 Å². The summed E-state index contributed by atoms with van der Waals surface area (Å²) in [5, 5.41) is 16.8. The van der Waals surface area contributed by atoms with Gasteiger partial charge in [-0.15, -0.1) is 10.2 Å². The lowest BCUT2D eigenvalue weighted by atomic mass is 10.2. The average Bonchev–Trinajstić information content (AvgIpc) is 3.22. The number of carbonyl (C=O) groups excluding carboxylic acids is 1. The lowest BCUT2D eigenvalue weighted by Crippen LogP contribution is -2.31. The van der Waals surface area contributed by atoms with Gasteiger partial charge in [-0.1, -0.05) is 65.9 Å². The van der Waals surface area contributed by atoms with E-state index in [1.807, 2.05) is 48.5 Å². The van der Waals surface area contributed by atoms with E-state index in [9.17, 15) is 4.79 Å². The Bertz CT molecular complexity index is 784. The topological polar surface area (TPSA) is 92.8 Å². The monoisotopic (exact) mass is 369 g/mol. The van der Waals surface area contributed by atoms with E-state index in [1.165, 1.54) is 5.56 Å². The van der Waals surface area contributed by atoms with Crippen molar-refractivity contribution in [3.8, 4) is 0 Å². The van der Waals surface area contributed by atoms with Crippen LogP contribution in [0.5, 0.6) is 0 Å². The second-order valence-electron chi connectivity index (χ2n) is 5.53.